The van der Waals surface area contributed by atoms with Crippen molar-refractivity contribution in [3.8, 4) is 5.75 Å². The molecule has 0 aromatic heterocycles. The standard InChI is InChI=1S/C18H21NO/c1-15(19-2)17-10-12-18(13-11-17)20-14-6-9-16-7-4-3-5-8-16/h3-13,15,19H,14H2,1-2H3/b9-6+. The minimum Gasteiger partial charge on any atom is -0.490 e. The second-order valence-electron chi connectivity index (χ2n) is 4.70. The molecule has 0 aliphatic carbocycles. The summed E-state index contributed by atoms with van der Waals surface area (Å²) in [5, 5.41) is 3.22. The maximum Gasteiger partial charge on any atom is 0.119 e. The predicted octanol–water partition coefficient (Wildman–Crippen LogP) is 4.06. The van der Waals surface area contributed by atoms with E-state index in [1.54, 1.807) is 0 Å². The van der Waals surface area contributed by atoms with E-state index in [4.69, 9.17) is 4.74 Å². The molecule has 2 aromatic carbocycles. The van der Waals surface area contributed by atoms with E-state index < -0.39 is 0 Å². The van der Waals surface area contributed by atoms with Crippen LogP contribution in [0, 0.1) is 0 Å². The van der Waals surface area contributed by atoms with Gasteiger partial charge in [-0.05, 0) is 43.3 Å². The van der Waals surface area contributed by atoms with Gasteiger partial charge in [0.15, 0.2) is 0 Å². The SMILES string of the molecule is CNC(C)c1ccc(OC/C=C/c2ccccc2)cc1. The van der Waals surface area contributed by atoms with Crippen LogP contribution in [0.2, 0.25) is 0 Å². The highest BCUT2D eigenvalue weighted by atomic mass is 16.5. The molecule has 0 heterocycles. The first kappa shape index (κ1) is 14.4. The van der Waals surface area contributed by atoms with Gasteiger partial charge in [-0.3, -0.25) is 0 Å². The second kappa shape index (κ2) is 7.51. The summed E-state index contributed by atoms with van der Waals surface area (Å²) in [6, 6.07) is 18.8. The normalized spacial score (nSPS) is 12.5. The van der Waals surface area contributed by atoms with Gasteiger partial charge in [0.2, 0.25) is 0 Å². The summed E-state index contributed by atoms with van der Waals surface area (Å²) in [4.78, 5) is 0. The Labute approximate surface area is 121 Å². The van der Waals surface area contributed by atoms with Gasteiger partial charge in [0.05, 0.1) is 0 Å². The lowest BCUT2D eigenvalue weighted by Gasteiger charge is -2.11. The maximum atomic E-state index is 5.69. The van der Waals surface area contributed by atoms with Crippen molar-refractivity contribution < 1.29 is 4.74 Å². The minimum atomic E-state index is 0.363. The van der Waals surface area contributed by atoms with Crippen molar-refractivity contribution in [2.45, 2.75) is 13.0 Å². The molecular formula is C18H21NO. The molecule has 0 saturated carbocycles. The molecule has 1 N–H and O–H groups in total. The van der Waals surface area contributed by atoms with E-state index in [-0.39, 0.29) is 0 Å². The summed E-state index contributed by atoms with van der Waals surface area (Å²) in [7, 11) is 1.96. The lowest BCUT2D eigenvalue weighted by atomic mass is 10.1. The van der Waals surface area contributed by atoms with Crippen LogP contribution in [-0.2, 0) is 0 Å². The maximum absolute atomic E-state index is 5.69. The summed E-state index contributed by atoms with van der Waals surface area (Å²) in [6.45, 7) is 2.72. The molecular weight excluding hydrogens is 246 g/mol. The zero-order valence-corrected chi connectivity index (χ0v) is 12.0. The summed E-state index contributed by atoms with van der Waals surface area (Å²) in [5.41, 5.74) is 2.45. The van der Waals surface area contributed by atoms with E-state index in [2.05, 4.69) is 42.6 Å². The molecule has 0 amide bonds. The zero-order valence-electron chi connectivity index (χ0n) is 12.0. The van der Waals surface area contributed by atoms with Crippen molar-refractivity contribution in [1.82, 2.24) is 5.32 Å². The third kappa shape index (κ3) is 4.25. The van der Waals surface area contributed by atoms with Crippen molar-refractivity contribution >= 4 is 6.08 Å². The number of hydrogen-bond donors (Lipinski definition) is 1. The van der Waals surface area contributed by atoms with E-state index in [1.807, 2.05) is 43.5 Å². The number of nitrogens with one attached hydrogen (secondary N) is 1. The fraction of sp³-hybridized carbons (Fsp3) is 0.222. The molecule has 0 aliphatic heterocycles. The van der Waals surface area contributed by atoms with Gasteiger partial charge in [0.25, 0.3) is 0 Å². The molecule has 2 nitrogen and oxygen atoms in total. The van der Waals surface area contributed by atoms with Gasteiger partial charge in [-0.25, -0.2) is 0 Å². The molecule has 0 saturated heterocycles. The number of ether oxygens (including phenoxy) is 1. The van der Waals surface area contributed by atoms with E-state index in [9.17, 15) is 0 Å². The molecule has 1 unspecified atom stereocenters. The zero-order chi connectivity index (χ0) is 14.2. The Morgan fingerprint density at radius 2 is 1.75 bits per heavy atom. The van der Waals surface area contributed by atoms with Crippen LogP contribution >= 0.6 is 0 Å². The molecule has 2 aromatic rings. The smallest absolute Gasteiger partial charge is 0.119 e. The molecule has 0 fully saturated rings. The molecule has 0 radical (unpaired) electrons. The molecule has 104 valence electrons. The van der Waals surface area contributed by atoms with Crippen LogP contribution < -0.4 is 10.1 Å². The fourth-order valence-electron chi connectivity index (χ4n) is 1.91. The van der Waals surface area contributed by atoms with Crippen LogP contribution in [0.4, 0.5) is 0 Å². The third-order valence-corrected chi connectivity index (χ3v) is 3.27. The van der Waals surface area contributed by atoms with Crippen LogP contribution in [0.25, 0.3) is 6.08 Å². The van der Waals surface area contributed by atoms with Gasteiger partial charge in [-0.2, -0.15) is 0 Å². The molecule has 0 spiro atoms. The number of rotatable bonds is 6. The van der Waals surface area contributed by atoms with Crippen LogP contribution in [0.1, 0.15) is 24.1 Å². The van der Waals surface area contributed by atoms with Crippen molar-refractivity contribution in [3.63, 3.8) is 0 Å². The van der Waals surface area contributed by atoms with Crippen molar-refractivity contribution in [3.05, 3.63) is 71.8 Å². The number of hydrogen-bond acceptors (Lipinski definition) is 2. The minimum absolute atomic E-state index is 0.363. The number of benzene rings is 2. The van der Waals surface area contributed by atoms with Crippen LogP contribution in [0.3, 0.4) is 0 Å². The largest absolute Gasteiger partial charge is 0.490 e. The average molecular weight is 267 g/mol. The van der Waals surface area contributed by atoms with Crippen molar-refractivity contribution in [2.24, 2.45) is 0 Å². The monoisotopic (exact) mass is 267 g/mol. The first-order valence-electron chi connectivity index (χ1n) is 6.91. The molecule has 2 rings (SSSR count). The summed E-state index contributed by atoms with van der Waals surface area (Å²) < 4.78 is 5.69. The molecule has 20 heavy (non-hydrogen) atoms. The lowest BCUT2D eigenvalue weighted by Crippen LogP contribution is -2.11. The Balaban J connectivity index is 1.84. The van der Waals surface area contributed by atoms with Gasteiger partial charge < -0.3 is 10.1 Å². The Kier molecular flexibility index (Phi) is 5.39. The van der Waals surface area contributed by atoms with E-state index >= 15 is 0 Å². The highest BCUT2D eigenvalue weighted by Gasteiger charge is 2.01. The Morgan fingerprint density at radius 1 is 1.05 bits per heavy atom. The summed E-state index contributed by atoms with van der Waals surface area (Å²) >= 11 is 0. The highest BCUT2D eigenvalue weighted by molar-refractivity contribution is 5.48. The molecule has 0 aliphatic rings. The van der Waals surface area contributed by atoms with E-state index in [0.717, 1.165) is 5.75 Å². The molecule has 1 atom stereocenters. The Bertz CT molecular complexity index is 531. The van der Waals surface area contributed by atoms with Crippen molar-refractivity contribution in [1.29, 1.82) is 0 Å². The van der Waals surface area contributed by atoms with Crippen LogP contribution in [0.15, 0.2) is 60.7 Å². The topological polar surface area (TPSA) is 21.3 Å². The molecule has 2 heteroatoms. The van der Waals surface area contributed by atoms with E-state index in [1.165, 1.54) is 11.1 Å². The van der Waals surface area contributed by atoms with Crippen molar-refractivity contribution in [2.75, 3.05) is 13.7 Å². The summed E-state index contributed by atoms with van der Waals surface area (Å²) in [6.07, 6.45) is 4.09. The fourth-order valence-corrected chi connectivity index (χ4v) is 1.91. The molecule has 0 bridgehead atoms. The van der Waals surface area contributed by atoms with Gasteiger partial charge in [0, 0.05) is 6.04 Å². The predicted molar refractivity (Wildman–Crippen MR) is 84.9 cm³/mol. The average Bonchev–Trinajstić information content (AvgIpc) is 2.52. The van der Waals surface area contributed by atoms with Gasteiger partial charge in [0.1, 0.15) is 12.4 Å². The second-order valence-corrected chi connectivity index (χ2v) is 4.70. The van der Waals surface area contributed by atoms with Crippen LogP contribution in [-0.4, -0.2) is 13.7 Å². The highest BCUT2D eigenvalue weighted by Crippen LogP contribution is 2.17. The first-order chi connectivity index (χ1) is 9.79. The Morgan fingerprint density at radius 3 is 2.40 bits per heavy atom. The Hall–Kier alpha value is -2.06. The van der Waals surface area contributed by atoms with E-state index in [0.29, 0.717) is 12.6 Å². The summed E-state index contributed by atoms with van der Waals surface area (Å²) in [5.74, 6) is 0.898. The van der Waals surface area contributed by atoms with Crippen LogP contribution in [0.5, 0.6) is 5.75 Å². The third-order valence-electron chi connectivity index (χ3n) is 3.27. The van der Waals surface area contributed by atoms with Gasteiger partial charge in [-0.15, -0.1) is 0 Å². The quantitative estimate of drug-likeness (QED) is 0.852. The van der Waals surface area contributed by atoms with Gasteiger partial charge in [-0.1, -0.05) is 48.5 Å². The first-order valence-corrected chi connectivity index (χ1v) is 6.91. The van der Waals surface area contributed by atoms with Gasteiger partial charge >= 0.3 is 0 Å². The lowest BCUT2D eigenvalue weighted by molar-refractivity contribution is 0.363.